The van der Waals surface area contributed by atoms with Crippen molar-refractivity contribution in [3.05, 3.63) is 0 Å². The van der Waals surface area contributed by atoms with Crippen LogP contribution >= 0.6 is 11.5 Å². The Labute approximate surface area is 104 Å². The summed E-state index contributed by atoms with van der Waals surface area (Å²) in [5.74, 6) is 1.06. The van der Waals surface area contributed by atoms with Crippen LogP contribution in [0.4, 0.5) is 10.8 Å². The van der Waals surface area contributed by atoms with E-state index in [9.17, 15) is 0 Å². The standard InChI is InChI=1S/C10H17N3O3S/c1-2-15-8-9(11)13-17-10(8)12-5-7-6-14-3-4-16-7/h7,12H,2-6H2,1H3,(H2,11,13). The second-order valence-corrected chi connectivity index (χ2v) is 4.38. The maximum Gasteiger partial charge on any atom is 0.197 e. The number of anilines is 2. The molecule has 2 rings (SSSR count). The number of nitrogens with zero attached hydrogens (tertiary/aromatic N) is 1. The predicted molar refractivity (Wildman–Crippen MR) is 66.7 cm³/mol. The molecule has 1 saturated heterocycles. The van der Waals surface area contributed by atoms with Crippen LogP contribution in [0.25, 0.3) is 0 Å². The molecule has 1 aromatic rings. The van der Waals surface area contributed by atoms with Crippen molar-refractivity contribution in [3.63, 3.8) is 0 Å². The van der Waals surface area contributed by atoms with Crippen molar-refractivity contribution in [2.45, 2.75) is 13.0 Å². The Morgan fingerprint density at radius 2 is 2.47 bits per heavy atom. The minimum Gasteiger partial charge on any atom is -0.487 e. The minimum absolute atomic E-state index is 0.0709. The van der Waals surface area contributed by atoms with Crippen molar-refractivity contribution < 1.29 is 14.2 Å². The highest BCUT2D eigenvalue weighted by molar-refractivity contribution is 7.11. The number of nitrogens with two attached hydrogens (primary N) is 1. The van der Waals surface area contributed by atoms with Crippen LogP contribution in [0.5, 0.6) is 5.75 Å². The van der Waals surface area contributed by atoms with Gasteiger partial charge in [-0.3, -0.25) is 0 Å². The molecule has 3 N–H and O–H groups in total. The van der Waals surface area contributed by atoms with Crippen molar-refractivity contribution in [3.8, 4) is 5.75 Å². The summed E-state index contributed by atoms with van der Waals surface area (Å²) in [6.07, 6.45) is 0.0709. The number of aromatic nitrogens is 1. The lowest BCUT2D eigenvalue weighted by Gasteiger charge is -2.23. The summed E-state index contributed by atoms with van der Waals surface area (Å²) in [5, 5.41) is 4.08. The van der Waals surface area contributed by atoms with Gasteiger partial charge in [0, 0.05) is 6.54 Å². The fraction of sp³-hybridized carbons (Fsp3) is 0.700. The van der Waals surface area contributed by atoms with E-state index in [1.165, 1.54) is 11.5 Å². The summed E-state index contributed by atoms with van der Waals surface area (Å²) >= 11 is 1.30. The molecular formula is C10H17N3O3S. The molecule has 1 atom stereocenters. The molecule has 17 heavy (non-hydrogen) atoms. The van der Waals surface area contributed by atoms with Crippen molar-refractivity contribution in [1.82, 2.24) is 4.37 Å². The van der Waals surface area contributed by atoms with E-state index in [-0.39, 0.29) is 6.10 Å². The maximum absolute atomic E-state index is 5.71. The lowest BCUT2D eigenvalue weighted by Crippen LogP contribution is -2.34. The zero-order valence-electron chi connectivity index (χ0n) is 9.77. The van der Waals surface area contributed by atoms with Gasteiger partial charge < -0.3 is 25.3 Å². The summed E-state index contributed by atoms with van der Waals surface area (Å²) in [7, 11) is 0. The second-order valence-electron chi connectivity index (χ2n) is 3.61. The van der Waals surface area contributed by atoms with Crippen LogP contribution in [0.3, 0.4) is 0 Å². The van der Waals surface area contributed by atoms with Gasteiger partial charge in [0.1, 0.15) is 0 Å². The van der Waals surface area contributed by atoms with Crippen molar-refractivity contribution in [2.75, 3.05) is 44.0 Å². The number of nitrogen functional groups attached to an aromatic ring is 1. The van der Waals surface area contributed by atoms with E-state index in [1.54, 1.807) is 0 Å². The number of nitrogens with one attached hydrogen (secondary N) is 1. The first-order chi connectivity index (χ1) is 8.31. The van der Waals surface area contributed by atoms with E-state index in [1.807, 2.05) is 6.92 Å². The Hall–Kier alpha value is -1.05. The fourth-order valence-electron chi connectivity index (χ4n) is 1.55. The molecule has 1 aromatic heterocycles. The highest BCUT2D eigenvalue weighted by atomic mass is 32.1. The van der Waals surface area contributed by atoms with Crippen LogP contribution in [0.1, 0.15) is 6.92 Å². The summed E-state index contributed by atoms with van der Waals surface area (Å²) in [6, 6.07) is 0. The summed E-state index contributed by atoms with van der Waals surface area (Å²) in [5.41, 5.74) is 5.71. The summed E-state index contributed by atoms with van der Waals surface area (Å²) in [4.78, 5) is 0. The molecule has 1 aliphatic rings. The van der Waals surface area contributed by atoms with Crippen LogP contribution in [0.15, 0.2) is 0 Å². The Morgan fingerprint density at radius 1 is 1.59 bits per heavy atom. The molecule has 0 saturated carbocycles. The first-order valence-electron chi connectivity index (χ1n) is 5.62. The van der Waals surface area contributed by atoms with Gasteiger partial charge in [-0.2, -0.15) is 4.37 Å². The SMILES string of the molecule is CCOc1c(N)nsc1NCC1COCCO1. The molecule has 6 nitrogen and oxygen atoms in total. The van der Waals surface area contributed by atoms with Gasteiger partial charge in [-0.1, -0.05) is 0 Å². The van der Waals surface area contributed by atoms with Gasteiger partial charge >= 0.3 is 0 Å². The summed E-state index contributed by atoms with van der Waals surface area (Å²) < 4.78 is 20.3. The van der Waals surface area contributed by atoms with Crippen LogP contribution in [0, 0.1) is 0 Å². The normalized spacial score (nSPS) is 20.2. The zero-order chi connectivity index (χ0) is 12.1. The zero-order valence-corrected chi connectivity index (χ0v) is 10.6. The number of hydrogen-bond acceptors (Lipinski definition) is 7. The monoisotopic (exact) mass is 259 g/mol. The van der Waals surface area contributed by atoms with Gasteiger partial charge in [0.05, 0.1) is 32.5 Å². The molecule has 1 aliphatic heterocycles. The second kappa shape index (κ2) is 6.04. The van der Waals surface area contributed by atoms with Crippen LogP contribution in [-0.4, -0.2) is 43.4 Å². The highest BCUT2D eigenvalue weighted by Gasteiger charge is 2.17. The quantitative estimate of drug-likeness (QED) is 0.819. The third-order valence-corrected chi connectivity index (χ3v) is 3.14. The van der Waals surface area contributed by atoms with Crippen molar-refractivity contribution in [1.29, 1.82) is 0 Å². The van der Waals surface area contributed by atoms with Crippen LogP contribution in [-0.2, 0) is 9.47 Å². The van der Waals surface area contributed by atoms with E-state index in [0.29, 0.717) is 44.5 Å². The van der Waals surface area contributed by atoms with Gasteiger partial charge in [-0.25, -0.2) is 0 Å². The molecule has 0 aliphatic carbocycles. The molecule has 7 heteroatoms. The first kappa shape index (κ1) is 12.4. The van der Waals surface area contributed by atoms with Crippen molar-refractivity contribution >= 4 is 22.4 Å². The third-order valence-electron chi connectivity index (χ3n) is 2.34. The minimum atomic E-state index is 0.0709. The number of rotatable bonds is 5. The van der Waals surface area contributed by atoms with Gasteiger partial charge in [0.25, 0.3) is 0 Å². The molecule has 96 valence electrons. The third kappa shape index (κ3) is 3.21. The van der Waals surface area contributed by atoms with Gasteiger partial charge in [0.15, 0.2) is 16.6 Å². The lowest BCUT2D eigenvalue weighted by atomic mass is 10.3. The Kier molecular flexibility index (Phi) is 4.41. The molecule has 0 radical (unpaired) electrons. The smallest absolute Gasteiger partial charge is 0.197 e. The fourth-order valence-corrected chi connectivity index (χ4v) is 2.22. The number of ether oxygens (including phenoxy) is 3. The van der Waals surface area contributed by atoms with Crippen LogP contribution in [0.2, 0.25) is 0 Å². The average Bonchev–Trinajstić information content (AvgIpc) is 2.70. The predicted octanol–water partition coefficient (Wildman–Crippen LogP) is 0.951. The van der Waals surface area contributed by atoms with E-state index in [2.05, 4.69) is 9.69 Å². The molecule has 0 amide bonds. The number of hydrogen-bond donors (Lipinski definition) is 2. The molecular weight excluding hydrogens is 242 g/mol. The van der Waals surface area contributed by atoms with Gasteiger partial charge in [0.2, 0.25) is 0 Å². The molecule has 1 fully saturated rings. The molecule has 0 bridgehead atoms. The average molecular weight is 259 g/mol. The van der Waals surface area contributed by atoms with E-state index >= 15 is 0 Å². The topological polar surface area (TPSA) is 78.6 Å². The van der Waals surface area contributed by atoms with E-state index < -0.39 is 0 Å². The Balaban J connectivity index is 1.89. The van der Waals surface area contributed by atoms with Gasteiger partial charge in [-0.15, -0.1) is 0 Å². The maximum atomic E-state index is 5.71. The molecule has 0 spiro atoms. The lowest BCUT2D eigenvalue weighted by molar-refractivity contribution is -0.0818. The molecule has 2 heterocycles. The van der Waals surface area contributed by atoms with E-state index in [0.717, 1.165) is 5.00 Å². The first-order valence-corrected chi connectivity index (χ1v) is 6.39. The Bertz CT molecular complexity index is 353. The molecule has 0 aromatic carbocycles. The van der Waals surface area contributed by atoms with Gasteiger partial charge in [-0.05, 0) is 18.5 Å². The van der Waals surface area contributed by atoms with Crippen molar-refractivity contribution in [2.24, 2.45) is 0 Å². The van der Waals surface area contributed by atoms with Crippen LogP contribution < -0.4 is 15.8 Å². The summed E-state index contributed by atoms with van der Waals surface area (Å²) in [6.45, 7) is 5.09. The molecule has 1 unspecified atom stereocenters. The largest absolute Gasteiger partial charge is 0.487 e. The van der Waals surface area contributed by atoms with E-state index in [4.69, 9.17) is 19.9 Å². The highest BCUT2D eigenvalue weighted by Crippen LogP contribution is 2.35. The Morgan fingerprint density at radius 3 is 3.18 bits per heavy atom.